The van der Waals surface area contributed by atoms with Gasteiger partial charge in [0.25, 0.3) is 0 Å². The van der Waals surface area contributed by atoms with Crippen molar-refractivity contribution in [2.24, 2.45) is 0 Å². The van der Waals surface area contributed by atoms with Gasteiger partial charge >= 0.3 is 29.6 Å². The molecule has 0 amide bonds. The number of ether oxygens (including phenoxy) is 1. The summed E-state index contributed by atoms with van der Waals surface area (Å²) in [6.45, 7) is 4.26. The van der Waals surface area contributed by atoms with Crippen molar-refractivity contribution in [3.63, 3.8) is 0 Å². The van der Waals surface area contributed by atoms with E-state index >= 15 is 0 Å². The van der Waals surface area contributed by atoms with Gasteiger partial charge in [-0.05, 0) is 35.7 Å². The number of phenolic OH excluding ortho intramolecular Hbond substituents is 2. The van der Waals surface area contributed by atoms with Gasteiger partial charge in [-0.15, -0.1) is 0 Å². The summed E-state index contributed by atoms with van der Waals surface area (Å²) in [5, 5.41) is 17.9. The van der Waals surface area contributed by atoms with E-state index in [2.05, 4.69) is 13.8 Å². The molecule has 0 aliphatic carbocycles. The van der Waals surface area contributed by atoms with E-state index in [0.29, 0.717) is 17.4 Å². The maximum absolute atomic E-state index is 8.99. The SMILES string of the molecule is CC(C)c1ccc(O)cc1.COc1ccccc1O.[H-].[Na+]. The normalized spacial score (nSPS) is 9.20. The Morgan fingerprint density at radius 3 is 1.90 bits per heavy atom. The summed E-state index contributed by atoms with van der Waals surface area (Å²) in [6.07, 6.45) is 0. The minimum atomic E-state index is 0. The summed E-state index contributed by atoms with van der Waals surface area (Å²) in [6, 6.07) is 14.2. The zero-order valence-electron chi connectivity index (χ0n) is 13.5. The molecule has 0 aliphatic rings. The second-order valence-electron chi connectivity index (χ2n) is 4.42. The Morgan fingerprint density at radius 1 is 0.950 bits per heavy atom. The van der Waals surface area contributed by atoms with Gasteiger partial charge in [-0.25, -0.2) is 0 Å². The molecule has 0 atom stereocenters. The average Bonchev–Trinajstić information content (AvgIpc) is 2.40. The van der Waals surface area contributed by atoms with Crippen molar-refractivity contribution in [3.8, 4) is 17.2 Å². The van der Waals surface area contributed by atoms with E-state index in [4.69, 9.17) is 14.9 Å². The molecule has 0 unspecified atom stereocenters. The Balaban J connectivity index is 0. The molecule has 0 saturated carbocycles. The van der Waals surface area contributed by atoms with Crippen molar-refractivity contribution in [2.75, 3.05) is 7.11 Å². The molecular formula is C16H21NaO3. The molecule has 0 bridgehead atoms. The van der Waals surface area contributed by atoms with Gasteiger partial charge in [-0.1, -0.05) is 38.1 Å². The van der Waals surface area contributed by atoms with Gasteiger partial charge in [0, 0.05) is 0 Å². The Morgan fingerprint density at radius 2 is 1.50 bits per heavy atom. The molecular weight excluding hydrogens is 263 g/mol. The van der Waals surface area contributed by atoms with Crippen molar-refractivity contribution in [2.45, 2.75) is 19.8 Å². The molecule has 4 heteroatoms. The monoisotopic (exact) mass is 284 g/mol. The molecule has 20 heavy (non-hydrogen) atoms. The maximum atomic E-state index is 8.99. The molecule has 2 aromatic carbocycles. The van der Waals surface area contributed by atoms with Crippen LogP contribution in [0.5, 0.6) is 17.2 Å². The van der Waals surface area contributed by atoms with Crippen molar-refractivity contribution >= 4 is 0 Å². The fourth-order valence-corrected chi connectivity index (χ4v) is 1.49. The van der Waals surface area contributed by atoms with Crippen LogP contribution in [-0.4, -0.2) is 17.3 Å². The van der Waals surface area contributed by atoms with Crippen LogP contribution in [0.1, 0.15) is 26.8 Å². The fourth-order valence-electron chi connectivity index (χ4n) is 1.49. The van der Waals surface area contributed by atoms with Crippen LogP contribution in [0.4, 0.5) is 0 Å². The molecule has 2 rings (SSSR count). The molecule has 0 radical (unpaired) electrons. The van der Waals surface area contributed by atoms with E-state index in [9.17, 15) is 0 Å². The zero-order valence-corrected chi connectivity index (χ0v) is 14.5. The molecule has 104 valence electrons. The summed E-state index contributed by atoms with van der Waals surface area (Å²) in [7, 11) is 1.52. The number of rotatable bonds is 2. The van der Waals surface area contributed by atoms with Crippen molar-refractivity contribution in [1.82, 2.24) is 0 Å². The third-order valence-corrected chi connectivity index (χ3v) is 2.64. The first-order valence-electron chi connectivity index (χ1n) is 6.15. The largest absolute Gasteiger partial charge is 1.00 e. The van der Waals surface area contributed by atoms with E-state index in [0.717, 1.165) is 0 Å². The summed E-state index contributed by atoms with van der Waals surface area (Å²) < 4.78 is 4.79. The van der Waals surface area contributed by atoms with Crippen molar-refractivity contribution < 1.29 is 45.9 Å². The first-order chi connectivity index (χ1) is 9.04. The van der Waals surface area contributed by atoms with Crippen molar-refractivity contribution in [1.29, 1.82) is 0 Å². The number of aromatic hydroxyl groups is 2. The van der Waals surface area contributed by atoms with E-state index in [1.165, 1.54) is 12.7 Å². The van der Waals surface area contributed by atoms with Gasteiger partial charge in [-0.2, -0.15) is 0 Å². The van der Waals surface area contributed by atoms with Gasteiger partial charge in [0.15, 0.2) is 11.5 Å². The third-order valence-electron chi connectivity index (χ3n) is 2.64. The molecule has 0 spiro atoms. The minimum absolute atomic E-state index is 0. The summed E-state index contributed by atoms with van der Waals surface area (Å²) >= 11 is 0. The average molecular weight is 284 g/mol. The zero-order chi connectivity index (χ0) is 14.3. The van der Waals surface area contributed by atoms with Gasteiger partial charge in [-0.3, -0.25) is 0 Å². The van der Waals surface area contributed by atoms with Crippen LogP contribution in [-0.2, 0) is 0 Å². The quantitative estimate of drug-likeness (QED) is 0.810. The molecule has 0 fully saturated rings. The first kappa shape index (κ1) is 18.8. The molecule has 3 nitrogen and oxygen atoms in total. The smallest absolute Gasteiger partial charge is 1.00 e. The fraction of sp³-hybridized carbons (Fsp3) is 0.250. The second-order valence-corrected chi connectivity index (χ2v) is 4.42. The predicted molar refractivity (Wildman–Crippen MR) is 78.0 cm³/mol. The van der Waals surface area contributed by atoms with E-state index < -0.39 is 0 Å². The maximum Gasteiger partial charge on any atom is 1.00 e. The van der Waals surface area contributed by atoms with Crippen LogP contribution in [0, 0.1) is 0 Å². The van der Waals surface area contributed by atoms with Gasteiger partial charge < -0.3 is 16.4 Å². The number of para-hydroxylation sites is 2. The standard InChI is InChI=1S/C9H12O.C7H8O2.Na.H/c1-7(2)8-3-5-9(10)6-4-8;1-9-7-5-3-2-4-6(7)8;;/h3-7,10H,1-2H3;2-5,8H,1H3;;/q;;+1;-1. The Kier molecular flexibility index (Phi) is 9.14. The molecule has 2 N–H and O–H groups in total. The van der Waals surface area contributed by atoms with Crippen LogP contribution in [0.3, 0.4) is 0 Å². The van der Waals surface area contributed by atoms with E-state index in [1.807, 2.05) is 12.1 Å². The number of methoxy groups -OCH3 is 1. The van der Waals surface area contributed by atoms with Crippen LogP contribution in [0.25, 0.3) is 0 Å². The molecule has 2 aromatic rings. The number of phenols is 2. The van der Waals surface area contributed by atoms with Crippen molar-refractivity contribution in [3.05, 3.63) is 54.1 Å². The van der Waals surface area contributed by atoms with E-state index in [-0.39, 0.29) is 36.7 Å². The van der Waals surface area contributed by atoms with Crippen LogP contribution in [0.15, 0.2) is 48.5 Å². The molecule has 0 saturated heterocycles. The summed E-state index contributed by atoms with van der Waals surface area (Å²) in [4.78, 5) is 0. The van der Waals surface area contributed by atoms with Crippen LogP contribution in [0.2, 0.25) is 0 Å². The van der Waals surface area contributed by atoms with Gasteiger partial charge in [0.2, 0.25) is 0 Å². The van der Waals surface area contributed by atoms with E-state index in [1.54, 1.807) is 36.4 Å². The van der Waals surface area contributed by atoms with Crippen LogP contribution >= 0.6 is 0 Å². The second kappa shape index (κ2) is 9.70. The molecule has 0 aliphatic heterocycles. The third kappa shape index (κ3) is 6.33. The van der Waals surface area contributed by atoms with Gasteiger partial charge in [0.05, 0.1) is 7.11 Å². The predicted octanol–water partition coefficient (Wildman–Crippen LogP) is 1.03. The molecule has 0 aromatic heterocycles. The molecule has 0 heterocycles. The number of benzene rings is 2. The van der Waals surface area contributed by atoms with Gasteiger partial charge in [0.1, 0.15) is 5.75 Å². The Hall–Kier alpha value is -1.16. The Labute approximate surface area is 144 Å². The first-order valence-corrected chi connectivity index (χ1v) is 6.15. The summed E-state index contributed by atoms with van der Waals surface area (Å²) in [5.74, 6) is 1.57. The summed E-state index contributed by atoms with van der Waals surface area (Å²) in [5.41, 5.74) is 1.26. The number of hydrogen-bond donors (Lipinski definition) is 2. The number of hydrogen-bond acceptors (Lipinski definition) is 3. The Bertz CT molecular complexity index is 501. The van der Waals surface area contributed by atoms with Crippen LogP contribution < -0.4 is 34.3 Å². The minimum Gasteiger partial charge on any atom is -1.00 e. The topological polar surface area (TPSA) is 49.7 Å².